The predicted molar refractivity (Wildman–Crippen MR) is 102 cm³/mol. The van der Waals surface area contributed by atoms with E-state index in [0.717, 1.165) is 12.8 Å². The summed E-state index contributed by atoms with van der Waals surface area (Å²) in [5.74, 6) is -0.0400. The van der Waals surface area contributed by atoms with Crippen LogP contribution in [0.2, 0.25) is 5.02 Å². The second kappa shape index (κ2) is 10.9. The standard InChI is InChI=1S/C11H20N4O.C7H4ClNO/c12-9(6-7-10(13)14)11(16)15-8-4-2-1-3-5-8;8-7-3-6(10)2-1-5(7)4-9/h6-8H,1-5,12-14H2,(H,15,16);1-3,10H/b9-6-;. The molecule has 0 radical (unpaired) electrons. The van der Waals surface area contributed by atoms with Crippen LogP contribution in [0.4, 0.5) is 0 Å². The molecule has 140 valence electrons. The molecule has 1 aliphatic carbocycles. The van der Waals surface area contributed by atoms with Crippen molar-refractivity contribution in [2.24, 2.45) is 17.2 Å². The third-order valence-electron chi connectivity index (χ3n) is 3.73. The SMILES string of the molecule is N#Cc1ccc(O)cc1Cl.NC(N)=C/C=C(\N)C(=O)NC1CCCCC1. The summed E-state index contributed by atoms with van der Waals surface area (Å²) in [6.07, 6.45) is 8.50. The van der Waals surface area contributed by atoms with E-state index in [1.807, 2.05) is 6.07 Å². The molecule has 26 heavy (non-hydrogen) atoms. The first-order valence-electron chi connectivity index (χ1n) is 8.21. The number of phenolic OH excluding ortho intramolecular Hbond substituents is 1. The molecule has 0 bridgehead atoms. The third-order valence-corrected chi connectivity index (χ3v) is 4.04. The average molecular weight is 378 g/mol. The fourth-order valence-electron chi connectivity index (χ4n) is 2.37. The first kappa shape index (κ1) is 21.2. The van der Waals surface area contributed by atoms with Crippen LogP contribution >= 0.6 is 11.6 Å². The Hall–Kier alpha value is -2.85. The molecule has 8 heteroatoms. The summed E-state index contributed by atoms with van der Waals surface area (Å²) >= 11 is 5.55. The minimum atomic E-state index is -0.246. The summed E-state index contributed by atoms with van der Waals surface area (Å²) in [4.78, 5) is 11.6. The van der Waals surface area contributed by atoms with Gasteiger partial charge in [-0.05, 0) is 43.2 Å². The summed E-state index contributed by atoms with van der Waals surface area (Å²) < 4.78 is 0. The van der Waals surface area contributed by atoms with Gasteiger partial charge in [-0.15, -0.1) is 0 Å². The van der Waals surface area contributed by atoms with Gasteiger partial charge < -0.3 is 27.6 Å². The fraction of sp³-hybridized carbons (Fsp3) is 0.333. The molecule has 7 nitrogen and oxygen atoms in total. The molecule has 1 aromatic carbocycles. The fourth-order valence-corrected chi connectivity index (χ4v) is 2.59. The van der Waals surface area contributed by atoms with Gasteiger partial charge >= 0.3 is 0 Å². The van der Waals surface area contributed by atoms with Gasteiger partial charge in [0.25, 0.3) is 5.91 Å². The van der Waals surface area contributed by atoms with Crippen molar-refractivity contribution in [1.82, 2.24) is 5.32 Å². The lowest BCUT2D eigenvalue weighted by Gasteiger charge is -2.22. The first-order chi connectivity index (χ1) is 12.3. The van der Waals surface area contributed by atoms with Crippen LogP contribution in [0.15, 0.2) is 41.9 Å². The number of nitrogens with two attached hydrogens (primary N) is 3. The monoisotopic (exact) mass is 377 g/mol. The molecule has 0 aliphatic heterocycles. The van der Waals surface area contributed by atoms with E-state index in [-0.39, 0.29) is 34.2 Å². The summed E-state index contributed by atoms with van der Waals surface area (Å²) in [7, 11) is 0. The molecule has 2 rings (SSSR count). The summed E-state index contributed by atoms with van der Waals surface area (Å²) in [6.45, 7) is 0. The molecule has 1 aliphatic rings. The third kappa shape index (κ3) is 7.81. The molecular formula is C18H24ClN5O2. The van der Waals surface area contributed by atoms with Crippen LogP contribution in [0.25, 0.3) is 0 Å². The maximum Gasteiger partial charge on any atom is 0.267 e. The van der Waals surface area contributed by atoms with Gasteiger partial charge in [0, 0.05) is 6.04 Å². The number of halogens is 1. The maximum absolute atomic E-state index is 11.6. The lowest BCUT2D eigenvalue weighted by atomic mass is 9.95. The summed E-state index contributed by atoms with van der Waals surface area (Å²) in [5, 5.41) is 20.4. The maximum atomic E-state index is 11.6. The van der Waals surface area contributed by atoms with Gasteiger partial charge in [-0.3, -0.25) is 4.79 Å². The molecule has 0 unspecified atom stereocenters. The molecule has 0 heterocycles. The highest BCUT2D eigenvalue weighted by molar-refractivity contribution is 6.31. The van der Waals surface area contributed by atoms with Crippen LogP contribution in [-0.2, 0) is 4.79 Å². The number of amides is 1. The van der Waals surface area contributed by atoms with Crippen molar-refractivity contribution in [3.05, 3.63) is 52.5 Å². The van der Waals surface area contributed by atoms with E-state index >= 15 is 0 Å². The number of aromatic hydroxyl groups is 1. The smallest absolute Gasteiger partial charge is 0.267 e. The zero-order chi connectivity index (χ0) is 19.5. The van der Waals surface area contributed by atoms with E-state index in [1.165, 1.54) is 49.6 Å². The Bertz CT molecular complexity index is 715. The Morgan fingerprint density at radius 2 is 1.88 bits per heavy atom. The Morgan fingerprint density at radius 3 is 2.42 bits per heavy atom. The average Bonchev–Trinajstić information content (AvgIpc) is 2.61. The second-order valence-corrected chi connectivity index (χ2v) is 6.28. The Balaban J connectivity index is 0.000000289. The highest BCUT2D eigenvalue weighted by Gasteiger charge is 2.16. The van der Waals surface area contributed by atoms with E-state index in [9.17, 15) is 4.79 Å². The Morgan fingerprint density at radius 1 is 1.23 bits per heavy atom. The van der Waals surface area contributed by atoms with Gasteiger partial charge in [-0.25, -0.2) is 0 Å². The Kier molecular flexibility index (Phi) is 8.88. The number of nitrogens with zero attached hydrogens (tertiary/aromatic N) is 1. The number of hydrogen-bond donors (Lipinski definition) is 5. The van der Waals surface area contributed by atoms with Crippen LogP contribution in [0.5, 0.6) is 5.75 Å². The number of carbonyl (C=O) groups is 1. The quantitative estimate of drug-likeness (QED) is 0.401. The van der Waals surface area contributed by atoms with Crippen molar-refractivity contribution in [1.29, 1.82) is 5.26 Å². The molecular weight excluding hydrogens is 354 g/mol. The van der Waals surface area contributed by atoms with E-state index in [0.29, 0.717) is 5.56 Å². The van der Waals surface area contributed by atoms with E-state index in [4.69, 9.17) is 39.2 Å². The zero-order valence-electron chi connectivity index (χ0n) is 14.4. The highest BCUT2D eigenvalue weighted by Crippen LogP contribution is 2.20. The van der Waals surface area contributed by atoms with Crippen molar-refractivity contribution in [2.75, 3.05) is 0 Å². The van der Waals surface area contributed by atoms with Crippen molar-refractivity contribution in [3.63, 3.8) is 0 Å². The van der Waals surface area contributed by atoms with Crippen molar-refractivity contribution < 1.29 is 9.90 Å². The number of hydrogen-bond acceptors (Lipinski definition) is 6. The van der Waals surface area contributed by atoms with Gasteiger partial charge in [0.2, 0.25) is 0 Å². The predicted octanol–water partition coefficient (Wildman–Crippen LogP) is 1.95. The molecule has 0 aromatic heterocycles. The summed E-state index contributed by atoms with van der Waals surface area (Å²) in [5.41, 5.74) is 16.6. The van der Waals surface area contributed by atoms with Gasteiger partial charge in [0.05, 0.1) is 22.1 Å². The molecule has 1 saturated carbocycles. The minimum Gasteiger partial charge on any atom is -0.508 e. The lowest BCUT2D eigenvalue weighted by Crippen LogP contribution is -2.38. The van der Waals surface area contributed by atoms with Crippen LogP contribution in [0.3, 0.4) is 0 Å². The second-order valence-electron chi connectivity index (χ2n) is 5.87. The minimum absolute atomic E-state index is 0.0731. The van der Waals surface area contributed by atoms with Crippen LogP contribution in [0.1, 0.15) is 37.7 Å². The lowest BCUT2D eigenvalue weighted by molar-refractivity contribution is -0.118. The molecule has 1 amide bonds. The van der Waals surface area contributed by atoms with Gasteiger partial charge in [-0.2, -0.15) is 5.26 Å². The van der Waals surface area contributed by atoms with Gasteiger partial charge in [0.15, 0.2) is 0 Å². The molecule has 8 N–H and O–H groups in total. The van der Waals surface area contributed by atoms with Crippen molar-refractivity contribution >= 4 is 17.5 Å². The summed E-state index contributed by atoms with van der Waals surface area (Å²) in [6, 6.07) is 6.36. The number of nitrogens with one attached hydrogen (secondary N) is 1. The number of phenols is 1. The number of nitriles is 1. The van der Waals surface area contributed by atoms with Crippen LogP contribution < -0.4 is 22.5 Å². The molecule has 0 saturated heterocycles. The van der Waals surface area contributed by atoms with Crippen molar-refractivity contribution in [3.8, 4) is 11.8 Å². The zero-order valence-corrected chi connectivity index (χ0v) is 15.2. The van der Waals surface area contributed by atoms with Gasteiger partial charge in [0.1, 0.15) is 11.8 Å². The topological polar surface area (TPSA) is 151 Å². The van der Waals surface area contributed by atoms with Gasteiger partial charge in [-0.1, -0.05) is 30.9 Å². The number of benzene rings is 1. The van der Waals surface area contributed by atoms with Crippen molar-refractivity contribution in [2.45, 2.75) is 38.1 Å². The molecule has 1 aromatic rings. The molecule has 1 fully saturated rings. The van der Waals surface area contributed by atoms with E-state index in [1.54, 1.807) is 0 Å². The highest BCUT2D eigenvalue weighted by atomic mass is 35.5. The first-order valence-corrected chi connectivity index (χ1v) is 8.59. The largest absolute Gasteiger partial charge is 0.508 e. The number of allylic oxidation sites excluding steroid dienone is 2. The van der Waals surface area contributed by atoms with Crippen LogP contribution in [-0.4, -0.2) is 17.1 Å². The normalized spacial score (nSPS) is 14.4. The molecule has 0 atom stereocenters. The number of carbonyl (C=O) groups excluding carboxylic acids is 1. The Labute approximate surface area is 158 Å². The van der Waals surface area contributed by atoms with Crippen LogP contribution in [0, 0.1) is 11.3 Å². The molecule has 0 spiro atoms. The van der Waals surface area contributed by atoms with E-state index < -0.39 is 0 Å². The van der Waals surface area contributed by atoms with E-state index in [2.05, 4.69) is 5.32 Å². The number of rotatable bonds is 3.